The molecule has 0 saturated carbocycles. The van der Waals surface area contributed by atoms with Crippen LogP contribution in [0.3, 0.4) is 0 Å². The predicted molar refractivity (Wildman–Crippen MR) is 70.3 cm³/mol. The zero-order chi connectivity index (χ0) is 11.4. The number of benzene rings is 1. The average molecular weight is 270 g/mol. The van der Waals surface area contributed by atoms with Crippen LogP contribution in [0.2, 0.25) is 10.0 Å². The van der Waals surface area contributed by atoms with Crippen LogP contribution in [0.15, 0.2) is 47.5 Å². The van der Waals surface area contributed by atoms with Crippen LogP contribution in [0.25, 0.3) is 0 Å². The van der Waals surface area contributed by atoms with Gasteiger partial charge in [0.2, 0.25) is 0 Å². The van der Waals surface area contributed by atoms with Gasteiger partial charge in [0.1, 0.15) is 0 Å². The van der Waals surface area contributed by atoms with Crippen LogP contribution >= 0.6 is 35.0 Å². The molecule has 0 aliphatic carbocycles. The number of hydrogen-bond acceptors (Lipinski definition) is 2. The molecule has 0 atom stereocenters. The number of rotatable bonds is 3. The molecule has 2 rings (SSSR count). The molecule has 0 spiro atoms. The summed E-state index contributed by atoms with van der Waals surface area (Å²) in [5.74, 6) is 0.808. The first-order valence-electron chi connectivity index (χ1n) is 4.73. The van der Waals surface area contributed by atoms with Crippen molar-refractivity contribution in [1.82, 2.24) is 4.98 Å². The summed E-state index contributed by atoms with van der Waals surface area (Å²) in [4.78, 5) is 5.41. The molecule has 2 aromatic rings. The first-order valence-corrected chi connectivity index (χ1v) is 6.47. The van der Waals surface area contributed by atoms with Crippen LogP contribution in [-0.2, 0) is 5.75 Å². The van der Waals surface area contributed by atoms with E-state index in [4.69, 9.17) is 23.2 Å². The fourth-order valence-electron chi connectivity index (χ4n) is 1.22. The summed E-state index contributed by atoms with van der Waals surface area (Å²) in [5.41, 5.74) is 0.979. The molecule has 0 amide bonds. The SMILES string of the molecule is Clc1ccc(SCc2cc(Cl)ccn2)cc1. The molecule has 1 aromatic heterocycles. The molecule has 16 heavy (non-hydrogen) atoms. The van der Waals surface area contributed by atoms with Crippen molar-refractivity contribution >= 4 is 35.0 Å². The van der Waals surface area contributed by atoms with Crippen molar-refractivity contribution < 1.29 is 0 Å². The van der Waals surface area contributed by atoms with E-state index in [1.807, 2.05) is 30.3 Å². The summed E-state index contributed by atoms with van der Waals surface area (Å²) in [6.45, 7) is 0. The molecule has 0 N–H and O–H groups in total. The van der Waals surface area contributed by atoms with Crippen LogP contribution in [0.5, 0.6) is 0 Å². The van der Waals surface area contributed by atoms with Crippen molar-refractivity contribution in [2.45, 2.75) is 10.6 Å². The Morgan fingerprint density at radius 3 is 2.44 bits per heavy atom. The Bertz CT molecular complexity index is 471. The van der Waals surface area contributed by atoms with E-state index in [2.05, 4.69) is 4.98 Å². The summed E-state index contributed by atoms with van der Waals surface area (Å²) in [7, 11) is 0. The van der Waals surface area contributed by atoms with Crippen LogP contribution < -0.4 is 0 Å². The van der Waals surface area contributed by atoms with E-state index in [9.17, 15) is 0 Å². The first kappa shape index (κ1) is 11.8. The summed E-state index contributed by atoms with van der Waals surface area (Å²) in [6, 6.07) is 11.4. The summed E-state index contributed by atoms with van der Waals surface area (Å²) < 4.78 is 0. The second-order valence-corrected chi connectivity index (χ2v) is 5.13. The monoisotopic (exact) mass is 269 g/mol. The maximum absolute atomic E-state index is 5.88. The molecule has 0 saturated heterocycles. The number of nitrogens with zero attached hydrogens (tertiary/aromatic N) is 1. The molecule has 1 heterocycles. The van der Waals surface area contributed by atoms with E-state index in [1.54, 1.807) is 24.0 Å². The lowest BCUT2D eigenvalue weighted by Gasteiger charge is -2.01. The van der Waals surface area contributed by atoms with Crippen LogP contribution in [0, 0.1) is 0 Å². The Labute approximate surface area is 109 Å². The van der Waals surface area contributed by atoms with Crippen molar-refractivity contribution in [3.63, 3.8) is 0 Å². The van der Waals surface area contributed by atoms with E-state index in [1.165, 1.54) is 4.90 Å². The molecule has 1 nitrogen and oxygen atoms in total. The smallest absolute Gasteiger partial charge is 0.0521 e. The van der Waals surface area contributed by atoms with E-state index < -0.39 is 0 Å². The third-order valence-electron chi connectivity index (χ3n) is 1.98. The van der Waals surface area contributed by atoms with Gasteiger partial charge in [-0.2, -0.15) is 0 Å². The van der Waals surface area contributed by atoms with E-state index in [0.717, 1.165) is 21.5 Å². The minimum atomic E-state index is 0.724. The standard InChI is InChI=1S/C12H9Cl2NS/c13-9-1-3-12(4-2-9)16-8-11-7-10(14)5-6-15-11/h1-7H,8H2. The molecular weight excluding hydrogens is 261 g/mol. The molecule has 0 unspecified atom stereocenters. The largest absolute Gasteiger partial charge is 0.260 e. The topological polar surface area (TPSA) is 12.9 Å². The highest BCUT2D eigenvalue weighted by Gasteiger charge is 1.98. The zero-order valence-electron chi connectivity index (χ0n) is 8.36. The van der Waals surface area contributed by atoms with Gasteiger partial charge in [0.15, 0.2) is 0 Å². The van der Waals surface area contributed by atoms with Gasteiger partial charge in [-0.3, -0.25) is 4.98 Å². The van der Waals surface area contributed by atoms with Crippen molar-refractivity contribution in [2.24, 2.45) is 0 Å². The molecule has 0 bridgehead atoms. The van der Waals surface area contributed by atoms with Crippen molar-refractivity contribution in [1.29, 1.82) is 0 Å². The molecule has 4 heteroatoms. The second-order valence-electron chi connectivity index (χ2n) is 3.21. The molecule has 82 valence electrons. The molecule has 0 aliphatic heterocycles. The van der Waals surface area contributed by atoms with Crippen LogP contribution in [0.1, 0.15) is 5.69 Å². The van der Waals surface area contributed by atoms with Crippen LogP contribution in [-0.4, -0.2) is 4.98 Å². The highest BCUT2D eigenvalue weighted by atomic mass is 35.5. The Morgan fingerprint density at radius 1 is 1.00 bits per heavy atom. The van der Waals surface area contributed by atoms with Gasteiger partial charge in [0.05, 0.1) is 5.69 Å². The van der Waals surface area contributed by atoms with E-state index in [-0.39, 0.29) is 0 Å². The Morgan fingerprint density at radius 2 is 1.75 bits per heavy atom. The summed E-state index contributed by atoms with van der Waals surface area (Å²) in [5, 5.41) is 1.48. The van der Waals surface area contributed by atoms with E-state index >= 15 is 0 Å². The third kappa shape index (κ3) is 3.41. The number of hydrogen-bond donors (Lipinski definition) is 0. The van der Waals surface area contributed by atoms with Crippen LogP contribution in [0.4, 0.5) is 0 Å². The van der Waals surface area contributed by atoms with Gasteiger partial charge in [0.25, 0.3) is 0 Å². The normalized spacial score (nSPS) is 10.4. The quantitative estimate of drug-likeness (QED) is 0.751. The Hall–Kier alpha value is -0.700. The second kappa shape index (κ2) is 5.58. The van der Waals surface area contributed by atoms with Gasteiger partial charge in [-0.15, -0.1) is 11.8 Å². The lowest BCUT2D eigenvalue weighted by atomic mass is 10.4. The molecule has 0 aliphatic rings. The maximum atomic E-state index is 5.88. The van der Waals surface area contributed by atoms with Gasteiger partial charge < -0.3 is 0 Å². The zero-order valence-corrected chi connectivity index (χ0v) is 10.7. The fraction of sp³-hybridized carbons (Fsp3) is 0.0833. The van der Waals surface area contributed by atoms with Gasteiger partial charge >= 0.3 is 0 Å². The summed E-state index contributed by atoms with van der Waals surface area (Å²) >= 11 is 13.4. The number of pyridine rings is 1. The van der Waals surface area contributed by atoms with Gasteiger partial charge in [0, 0.05) is 26.9 Å². The predicted octanol–water partition coefficient (Wildman–Crippen LogP) is 4.68. The first-order chi connectivity index (χ1) is 7.74. The Kier molecular flexibility index (Phi) is 4.10. The molecular formula is C12H9Cl2NS. The summed E-state index contributed by atoms with van der Waals surface area (Å²) in [6.07, 6.45) is 1.72. The highest BCUT2D eigenvalue weighted by Crippen LogP contribution is 2.24. The maximum Gasteiger partial charge on any atom is 0.0521 e. The van der Waals surface area contributed by atoms with Gasteiger partial charge in [-0.1, -0.05) is 23.2 Å². The Balaban J connectivity index is 1.99. The molecule has 0 fully saturated rings. The van der Waals surface area contributed by atoms with Gasteiger partial charge in [-0.05, 0) is 36.4 Å². The number of halogens is 2. The lowest BCUT2D eigenvalue weighted by Crippen LogP contribution is -1.85. The van der Waals surface area contributed by atoms with E-state index in [0.29, 0.717) is 0 Å². The minimum Gasteiger partial charge on any atom is -0.260 e. The molecule has 0 radical (unpaired) electrons. The molecule has 1 aromatic carbocycles. The lowest BCUT2D eigenvalue weighted by molar-refractivity contribution is 1.17. The highest BCUT2D eigenvalue weighted by molar-refractivity contribution is 7.98. The van der Waals surface area contributed by atoms with Gasteiger partial charge in [-0.25, -0.2) is 0 Å². The fourth-order valence-corrected chi connectivity index (χ4v) is 2.33. The average Bonchev–Trinajstić information content (AvgIpc) is 2.28. The van der Waals surface area contributed by atoms with Crippen molar-refractivity contribution in [3.8, 4) is 0 Å². The minimum absolute atomic E-state index is 0.724. The van der Waals surface area contributed by atoms with Crippen molar-refractivity contribution in [3.05, 3.63) is 58.3 Å². The van der Waals surface area contributed by atoms with Crippen molar-refractivity contribution in [2.75, 3.05) is 0 Å². The number of thioether (sulfide) groups is 1. The number of aromatic nitrogens is 1. The third-order valence-corrected chi connectivity index (χ3v) is 3.51.